The Hall–Kier alpha value is -1.69. The summed E-state index contributed by atoms with van der Waals surface area (Å²) in [6.07, 6.45) is 0. The summed E-state index contributed by atoms with van der Waals surface area (Å²) in [5, 5.41) is 0. The summed E-state index contributed by atoms with van der Waals surface area (Å²) in [5.41, 5.74) is 1.34. The largest absolute Gasteiger partial charge is 0.298 e. The maximum atomic E-state index is 10.4. The van der Waals surface area contributed by atoms with Crippen molar-refractivity contribution >= 4 is 15.8 Å². The van der Waals surface area contributed by atoms with Crippen molar-refractivity contribution in [1.29, 1.82) is 0 Å². The lowest BCUT2D eigenvalue weighted by molar-refractivity contribution is 0.483. The zero-order valence-corrected chi connectivity index (χ0v) is 12.7. The Morgan fingerprint density at radius 1 is 0.800 bits per heavy atom. The quantitative estimate of drug-likeness (QED) is 0.684. The van der Waals surface area contributed by atoms with E-state index in [1.165, 1.54) is 17.8 Å². The van der Waals surface area contributed by atoms with E-state index in [0.29, 0.717) is 0 Å². The second kappa shape index (κ2) is 6.65. The highest BCUT2D eigenvalue weighted by molar-refractivity contribution is 7.85. The molecule has 0 saturated carbocycles. The smallest absolute Gasteiger partial charge is 0.294 e. The van der Waals surface area contributed by atoms with Crippen LogP contribution in [0.2, 0.25) is 0 Å². The van der Waals surface area contributed by atoms with Gasteiger partial charge in [0.2, 0.25) is 0 Å². The van der Waals surface area contributed by atoms with Crippen LogP contribution in [0.4, 0.5) is 5.69 Å². The predicted octanol–water partition coefficient (Wildman–Crippen LogP) is 2.82. The first-order valence-corrected chi connectivity index (χ1v) is 7.55. The topological polar surface area (TPSA) is 54.4 Å². The minimum Gasteiger partial charge on any atom is -0.298 e. The van der Waals surface area contributed by atoms with Crippen molar-refractivity contribution in [2.75, 3.05) is 21.1 Å². The number of quaternary nitrogens is 1. The van der Waals surface area contributed by atoms with Crippen LogP contribution >= 0.6 is 0 Å². The molecule has 0 fully saturated rings. The first-order valence-electron chi connectivity index (χ1n) is 6.11. The van der Waals surface area contributed by atoms with Crippen LogP contribution in [0.25, 0.3) is 0 Å². The van der Waals surface area contributed by atoms with Gasteiger partial charge in [0.25, 0.3) is 10.1 Å². The average Bonchev–Trinajstić information content (AvgIpc) is 2.40. The Balaban J connectivity index is 0.000000200. The van der Waals surface area contributed by atoms with Gasteiger partial charge in [0.1, 0.15) is 5.69 Å². The molecule has 0 aromatic heterocycles. The molecule has 2 aromatic rings. The molecule has 0 bridgehead atoms. The van der Waals surface area contributed by atoms with Gasteiger partial charge >= 0.3 is 0 Å². The molecule has 0 heterocycles. The first-order chi connectivity index (χ1) is 9.21. The number of benzene rings is 2. The Bertz CT molecular complexity index is 617. The van der Waals surface area contributed by atoms with Crippen LogP contribution < -0.4 is 4.48 Å². The van der Waals surface area contributed by atoms with Gasteiger partial charge in [-0.2, -0.15) is 8.42 Å². The maximum Gasteiger partial charge on any atom is 0.294 e. The maximum absolute atomic E-state index is 10.4. The summed E-state index contributed by atoms with van der Waals surface area (Å²) in [5.74, 6) is 0. The lowest BCUT2D eigenvalue weighted by Gasteiger charge is -2.22. The van der Waals surface area contributed by atoms with Gasteiger partial charge < -0.3 is 0 Å². The molecule has 0 aliphatic carbocycles. The molecule has 1 N–H and O–H groups in total. The molecule has 0 aliphatic heterocycles. The molecule has 2 rings (SSSR count). The minimum atomic E-state index is -4.00. The highest BCUT2D eigenvalue weighted by atomic mass is 32.2. The van der Waals surface area contributed by atoms with Gasteiger partial charge in [-0.1, -0.05) is 36.4 Å². The van der Waals surface area contributed by atoms with Crippen LogP contribution in [0.5, 0.6) is 0 Å². The van der Waals surface area contributed by atoms with Crippen LogP contribution in [0.15, 0.2) is 65.6 Å². The molecule has 0 aliphatic rings. The van der Waals surface area contributed by atoms with Crippen LogP contribution in [-0.2, 0) is 10.1 Å². The summed E-state index contributed by atoms with van der Waals surface area (Å²) < 4.78 is 30.1. The second-order valence-corrected chi connectivity index (χ2v) is 6.56. The molecule has 20 heavy (non-hydrogen) atoms. The third-order valence-electron chi connectivity index (χ3n) is 2.57. The molecule has 108 valence electrons. The first kappa shape index (κ1) is 16.4. The normalized spacial score (nSPS) is 11.4. The monoisotopic (exact) mass is 294 g/mol. The van der Waals surface area contributed by atoms with Crippen molar-refractivity contribution in [1.82, 2.24) is 4.48 Å². The van der Waals surface area contributed by atoms with Crippen molar-refractivity contribution in [2.45, 2.75) is 4.90 Å². The van der Waals surface area contributed by atoms with Crippen LogP contribution in [0.3, 0.4) is 0 Å². The van der Waals surface area contributed by atoms with Gasteiger partial charge in [-0.05, 0) is 24.3 Å². The lowest BCUT2D eigenvalue weighted by Crippen LogP contribution is -2.34. The molecule has 4 nitrogen and oxygen atoms in total. The third-order valence-corrected chi connectivity index (χ3v) is 3.44. The highest BCUT2D eigenvalue weighted by Crippen LogP contribution is 2.14. The van der Waals surface area contributed by atoms with Crippen molar-refractivity contribution in [3.05, 3.63) is 60.7 Å². The van der Waals surface area contributed by atoms with Gasteiger partial charge in [0.15, 0.2) is 0 Å². The molecule has 0 saturated heterocycles. The van der Waals surface area contributed by atoms with E-state index in [1.54, 1.807) is 18.2 Å². The van der Waals surface area contributed by atoms with E-state index in [0.717, 1.165) is 4.48 Å². The zero-order valence-electron chi connectivity index (χ0n) is 11.9. The molecule has 5 heteroatoms. The summed E-state index contributed by atoms with van der Waals surface area (Å²) in [6.45, 7) is 0. The van der Waals surface area contributed by atoms with Gasteiger partial charge in [0, 0.05) is 0 Å². The zero-order chi connectivity index (χ0) is 15.2. The van der Waals surface area contributed by atoms with Gasteiger partial charge in [-0.15, -0.1) is 0 Å². The second-order valence-electron chi connectivity index (χ2n) is 5.14. The highest BCUT2D eigenvalue weighted by Gasteiger charge is 2.09. The van der Waals surface area contributed by atoms with E-state index >= 15 is 0 Å². The van der Waals surface area contributed by atoms with Crippen LogP contribution in [0.1, 0.15) is 0 Å². The van der Waals surface area contributed by atoms with Crippen molar-refractivity contribution in [3.8, 4) is 0 Å². The molecule has 2 aromatic carbocycles. The van der Waals surface area contributed by atoms with E-state index in [9.17, 15) is 8.42 Å². The third kappa shape index (κ3) is 5.52. The van der Waals surface area contributed by atoms with Crippen LogP contribution in [-0.4, -0.2) is 34.1 Å². The summed E-state index contributed by atoms with van der Waals surface area (Å²) in [6, 6.07) is 17.9. The van der Waals surface area contributed by atoms with Crippen LogP contribution in [0, 0.1) is 0 Å². The molecular weight excluding hydrogens is 274 g/mol. The summed E-state index contributed by atoms with van der Waals surface area (Å²) >= 11 is 0. The number of rotatable bonds is 2. The number of para-hydroxylation sites is 1. The van der Waals surface area contributed by atoms with Crippen molar-refractivity contribution < 1.29 is 13.0 Å². The summed E-state index contributed by atoms with van der Waals surface area (Å²) in [7, 11) is 2.48. The minimum absolute atomic E-state index is 0.0741. The van der Waals surface area contributed by atoms with Gasteiger partial charge in [0.05, 0.1) is 26.0 Å². The van der Waals surface area contributed by atoms with Gasteiger partial charge in [-0.3, -0.25) is 9.04 Å². The Kier molecular flexibility index (Phi) is 5.44. The molecule has 0 atom stereocenters. The SMILES string of the molecule is C[N+](C)(C)c1ccccc1.O=S(=O)(O)c1ccccc1. The Morgan fingerprint density at radius 3 is 1.45 bits per heavy atom. The van der Waals surface area contributed by atoms with E-state index in [1.807, 2.05) is 6.07 Å². The van der Waals surface area contributed by atoms with E-state index in [-0.39, 0.29) is 4.90 Å². The number of nitrogens with zero attached hydrogens (tertiary/aromatic N) is 1. The fourth-order valence-electron chi connectivity index (χ4n) is 1.47. The molecular formula is C15H20NO3S+. The number of hydrogen-bond acceptors (Lipinski definition) is 2. The fraction of sp³-hybridized carbons (Fsp3) is 0.200. The van der Waals surface area contributed by atoms with E-state index < -0.39 is 10.1 Å². The molecule has 0 radical (unpaired) electrons. The molecule has 0 amide bonds. The van der Waals surface area contributed by atoms with Gasteiger partial charge in [-0.25, -0.2) is 0 Å². The Labute approximate surface area is 120 Å². The van der Waals surface area contributed by atoms with Crippen molar-refractivity contribution in [2.24, 2.45) is 0 Å². The average molecular weight is 294 g/mol. The summed E-state index contributed by atoms with van der Waals surface area (Å²) in [4.78, 5) is -0.0741. The predicted molar refractivity (Wildman–Crippen MR) is 82.3 cm³/mol. The molecule has 0 spiro atoms. The molecule has 0 unspecified atom stereocenters. The van der Waals surface area contributed by atoms with E-state index in [4.69, 9.17) is 4.55 Å². The van der Waals surface area contributed by atoms with E-state index in [2.05, 4.69) is 45.4 Å². The fourth-order valence-corrected chi connectivity index (χ4v) is 1.97. The standard InChI is InChI=1S/C9H14N.C6H6O3S/c1-10(2,3)9-7-5-4-6-8-9;7-10(8,9)6-4-2-1-3-5-6/h4-8H,1-3H3;1-5H,(H,7,8,9)/q+1;. The number of hydrogen-bond donors (Lipinski definition) is 1. The Morgan fingerprint density at radius 2 is 1.20 bits per heavy atom. The van der Waals surface area contributed by atoms with Crippen molar-refractivity contribution in [3.63, 3.8) is 0 Å². The lowest BCUT2D eigenvalue weighted by atomic mass is 10.3.